The van der Waals surface area contributed by atoms with Crippen molar-refractivity contribution in [3.8, 4) is 0 Å². The highest BCUT2D eigenvalue weighted by atomic mass is 16.6. The van der Waals surface area contributed by atoms with Gasteiger partial charge in [-0.15, -0.1) is 0 Å². The van der Waals surface area contributed by atoms with Crippen molar-refractivity contribution in [1.82, 2.24) is 4.90 Å². The Morgan fingerprint density at radius 3 is 2.38 bits per heavy atom. The number of benzene rings is 1. The summed E-state index contributed by atoms with van der Waals surface area (Å²) >= 11 is 0. The van der Waals surface area contributed by atoms with Gasteiger partial charge in [0.05, 0.1) is 0 Å². The van der Waals surface area contributed by atoms with Gasteiger partial charge < -0.3 is 20.3 Å². The third kappa shape index (κ3) is 4.39. The summed E-state index contributed by atoms with van der Waals surface area (Å²) in [5.41, 5.74) is 18.8. The number of nitrogens with two attached hydrogens (primary N) is 1. The summed E-state index contributed by atoms with van der Waals surface area (Å²) in [5, 5.41) is 3.81. The Hall–Kier alpha value is -2.44. The summed E-state index contributed by atoms with van der Waals surface area (Å²) < 4.78 is 5.45. The molecule has 0 atom stereocenters. The molecule has 8 nitrogen and oxygen atoms in total. The number of amides is 1. The molecule has 1 aromatic rings. The molecule has 2 N–H and O–H groups in total. The largest absolute Gasteiger partial charge is 0.444 e. The van der Waals surface area contributed by atoms with E-state index in [1.165, 1.54) is 0 Å². The number of anilines is 1. The Kier molecular flexibility index (Phi) is 6.00. The Balaban J connectivity index is 2.22. The smallest absolute Gasteiger partial charge is 0.410 e. The van der Waals surface area contributed by atoms with Crippen molar-refractivity contribution in [2.45, 2.75) is 46.8 Å². The highest BCUT2D eigenvalue weighted by Gasteiger charge is 2.27. The molecule has 1 heterocycles. The Labute approximate surface area is 154 Å². The first-order chi connectivity index (χ1) is 12.2. The lowest BCUT2D eigenvalue weighted by molar-refractivity contribution is 0.0240. The standard InChI is InChI=1S/C18H28N6O2/c1-12-14(11-19)10-15(21-22-20)13(2)16(12)23-6-8-24(9-7-23)17(25)26-18(3,4)5/h10H,6-9,11,19H2,1-5H3. The first-order valence-corrected chi connectivity index (χ1v) is 8.79. The minimum Gasteiger partial charge on any atom is -0.444 e. The summed E-state index contributed by atoms with van der Waals surface area (Å²) in [4.78, 5) is 19.1. The van der Waals surface area contributed by atoms with E-state index in [-0.39, 0.29) is 6.09 Å². The monoisotopic (exact) mass is 360 g/mol. The molecule has 0 unspecified atom stereocenters. The Morgan fingerprint density at radius 1 is 1.27 bits per heavy atom. The number of nitrogens with zero attached hydrogens (tertiary/aromatic N) is 5. The highest BCUT2D eigenvalue weighted by Crippen LogP contribution is 2.35. The van der Waals surface area contributed by atoms with Crippen molar-refractivity contribution < 1.29 is 9.53 Å². The van der Waals surface area contributed by atoms with E-state index in [1.807, 2.05) is 40.7 Å². The molecule has 1 aliphatic rings. The van der Waals surface area contributed by atoms with E-state index < -0.39 is 5.60 Å². The summed E-state index contributed by atoms with van der Waals surface area (Å²) in [7, 11) is 0. The minimum absolute atomic E-state index is 0.281. The van der Waals surface area contributed by atoms with Gasteiger partial charge in [-0.3, -0.25) is 0 Å². The van der Waals surface area contributed by atoms with Crippen LogP contribution in [0.4, 0.5) is 16.2 Å². The van der Waals surface area contributed by atoms with Gasteiger partial charge in [0.15, 0.2) is 0 Å². The van der Waals surface area contributed by atoms with Crippen LogP contribution in [-0.4, -0.2) is 42.8 Å². The lowest BCUT2D eigenvalue weighted by Gasteiger charge is -2.38. The zero-order valence-corrected chi connectivity index (χ0v) is 16.2. The predicted molar refractivity (Wildman–Crippen MR) is 103 cm³/mol. The van der Waals surface area contributed by atoms with Gasteiger partial charge in [-0.25, -0.2) is 4.79 Å². The lowest BCUT2D eigenvalue weighted by atomic mass is 9.99. The number of hydrogen-bond acceptors (Lipinski definition) is 5. The Bertz CT molecular complexity index is 726. The molecule has 1 aromatic carbocycles. The number of hydrogen-bond donors (Lipinski definition) is 1. The zero-order chi connectivity index (χ0) is 19.5. The van der Waals surface area contributed by atoms with E-state index in [1.54, 1.807) is 4.90 Å². The number of carbonyl (C=O) groups is 1. The van der Waals surface area contributed by atoms with Gasteiger partial charge in [-0.05, 0) is 62.9 Å². The molecular formula is C18H28N6O2. The van der Waals surface area contributed by atoms with Crippen molar-refractivity contribution >= 4 is 17.5 Å². The molecular weight excluding hydrogens is 332 g/mol. The van der Waals surface area contributed by atoms with Crippen LogP contribution < -0.4 is 10.6 Å². The Morgan fingerprint density at radius 2 is 1.88 bits per heavy atom. The summed E-state index contributed by atoms with van der Waals surface area (Å²) in [6.07, 6.45) is -0.281. The van der Waals surface area contributed by atoms with Crippen molar-refractivity contribution in [2.75, 3.05) is 31.1 Å². The number of carbonyl (C=O) groups excluding carboxylic acids is 1. The molecule has 0 radical (unpaired) electrons. The second kappa shape index (κ2) is 7.85. The molecule has 0 saturated carbocycles. The molecule has 26 heavy (non-hydrogen) atoms. The number of rotatable bonds is 3. The highest BCUT2D eigenvalue weighted by molar-refractivity contribution is 5.72. The van der Waals surface area contributed by atoms with Gasteiger partial charge in [0, 0.05) is 49.0 Å². The lowest BCUT2D eigenvalue weighted by Crippen LogP contribution is -2.50. The normalized spacial score (nSPS) is 14.8. The molecule has 1 fully saturated rings. The average molecular weight is 360 g/mol. The van der Waals surface area contributed by atoms with Crippen LogP contribution in [0.3, 0.4) is 0 Å². The maximum absolute atomic E-state index is 12.2. The van der Waals surface area contributed by atoms with E-state index in [0.29, 0.717) is 38.4 Å². The van der Waals surface area contributed by atoms with Gasteiger partial charge in [-0.1, -0.05) is 5.11 Å². The fraction of sp³-hybridized carbons (Fsp3) is 0.611. The predicted octanol–water partition coefficient (Wildman–Crippen LogP) is 3.76. The molecule has 1 amide bonds. The minimum atomic E-state index is -0.499. The molecule has 0 spiro atoms. The summed E-state index contributed by atoms with van der Waals surface area (Å²) in [6.45, 7) is 12.5. The summed E-state index contributed by atoms with van der Waals surface area (Å²) in [6, 6.07) is 1.85. The molecule has 8 heteroatoms. The van der Waals surface area contributed by atoms with Gasteiger partial charge in [0.2, 0.25) is 0 Å². The second-order valence-electron chi connectivity index (χ2n) is 7.50. The van der Waals surface area contributed by atoms with Gasteiger partial charge in [0.1, 0.15) is 5.60 Å². The van der Waals surface area contributed by atoms with Crippen LogP contribution in [0, 0.1) is 13.8 Å². The number of azide groups is 1. The molecule has 0 aliphatic carbocycles. The van der Waals surface area contributed by atoms with Crippen LogP contribution in [-0.2, 0) is 11.3 Å². The second-order valence-corrected chi connectivity index (χ2v) is 7.50. The van der Waals surface area contributed by atoms with Crippen LogP contribution in [0.5, 0.6) is 0 Å². The average Bonchev–Trinajstić information content (AvgIpc) is 2.56. The van der Waals surface area contributed by atoms with E-state index in [4.69, 9.17) is 16.0 Å². The van der Waals surface area contributed by atoms with Crippen LogP contribution in [0.25, 0.3) is 10.4 Å². The molecule has 2 rings (SSSR count). The van der Waals surface area contributed by atoms with E-state index in [0.717, 1.165) is 22.4 Å². The molecule has 1 aliphatic heterocycles. The van der Waals surface area contributed by atoms with Crippen LogP contribution in [0.1, 0.15) is 37.5 Å². The van der Waals surface area contributed by atoms with Crippen LogP contribution >= 0.6 is 0 Å². The van der Waals surface area contributed by atoms with E-state index >= 15 is 0 Å². The number of piperazine rings is 1. The van der Waals surface area contributed by atoms with Crippen LogP contribution in [0.15, 0.2) is 11.2 Å². The maximum atomic E-state index is 12.2. The molecule has 142 valence electrons. The molecule has 1 saturated heterocycles. The quantitative estimate of drug-likeness (QED) is 0.503. The fourth-order valence-electron chi connectivity index (χ4n) is 3.21. The van der Waals surface area contributed by atoms with Crippen molar-refractivity contribution in [3.63, 3.8) is 0 Å². The topological polar surface area (TPSA) is 108 Å². The van der Waals surface area contributed by atoms with Crippen molar-refractivity contribution in [1.29, 1.82) is 0 Å². The van der Waals surface area contributed by atoms with Gasteiger partial charge in [-0.2, -0.15) is 0 Å². The van der Waals surface area contributed by atoms with E-state index in [9.17, 15) is 4.79 Å². The third-order valence-corrected chi connectivity index (χ3v) is 4.51. The van der Waals surface area contributed by atoms with E-state index in [2.05, 4.69) is 14.9 Å². The number of ether oxygens (including phenoxy) is 1. The van der Waals surface area contributed by atoms with Crippen molar-refractivity contribution in [3.05, 3.63) is 33.2 Å². The molecule has 0 aromatic heterocycles. The van der Waals surface area contributed by atoms with Gasteiger partial charge in [0.25, 0.3) is 0 Å². The molecule has 0 bridgehead atoms. The van der Waals surface area contributed by atoms with Gasteiger partial charge >= 0.3 is 6.09 Å². The van der Waals surface area contributed by atoms with Crippen molar-refractivity contribution in [2.24, 2.45) is 10.8 Å². The third-order valence-electron chi connectivity index (χ3n) is 4.51. The SMILES string of the molecule is Cc1c(CN)cc(N=[N+]=[N-])c(C)c1N1CCN(C(=O)OC(C)(C)C)CC1. The zero-order valence-electron chi connectivity index (χ0n) is 16.2. The first kappa shape index (κ1) is 19.9. The van der Waals surface area contributed by atoms with Crippen LogP contribution in [0.2, 0.25) is 0 Å². The fourth-order valence-corrected chi connectivity index (χ4v) is 3.21. The summed E-state index contributed by atoms with van der Waals surface area (Å²) in [5.74, 6) is 0. The maximum Gasteiger partial charge on any atom is 0.410 e. The first-order valence-electron chi connectivity index (χ1n) is 8.79.